The third-order valence-corrected chi connectivity index (χ3v) is 6.24. The lowest BCUT2D eigenvalue weighted by atomic mass is 9.86. The highest BCUT2D eigenvalue weighted by atomic mass is 16.5. The van der Waals surface area contributed by atoms with Crippen molar-refractivity contribution in [1.82, 2.24) is 19.9 Å². The second kappa shape index (κ2) is 8.95. The molecule has 2 aromatic rings. The van der Waals surface area contributed by atoms with Crippen molar-refractivity contribution in [3.8, 4) is 0 Å². The van der Waals surface area contributed by atoms with E-state index in [1.54, 1.807) is 6.33 Å². The van der Waals surface area contributed by atoms with Crippen LogP contribution in [0.15, 0.2) is 31.2 Å². The van der Waals surface area contributed by atoms with Gasteiger partial charge in [-0.25, -0.2) is 9.97 Å². The van der Waals surface area contributed by atoms with E-state index in [1.807, 2.05) is 18.3 Å². The Morgan fingerprint density at radius 2 is 2.14 bits per heavy atom. The number of unbranched alkanes of at least 4 members (excludes halogenated alkanes) is 1. The Morgan fingerprint density at radius 3 is 3.00 bits per heavy atom. The Bertz CT molecular complexity index is 851. The summed E-state index contributed by atoms with van der Waals surface area (Å²) in [5.41, 5.74) is 0.786. The van der Waals surface area contributed by atoms with Crippen LogP contribution in [0.5, 0.6) is 0 Å². The molecule has 0 aliphatic carbocycles. The molecule has 7 heteroatoms. The Morgan fingerprint density at radius 1 is 1.28 bits per heavy atom. The summed E-state index contributed by atoms with van der Waals surface area (Å²) in [6.45, 7) is 7.58. The maximum Gasteiger partial charge on any atom is 0.225 e. The first-order chi connectivity index (χ1) is 14.2. The van der Waals surface area contributed by atoms with Crippen LogP contribution in [0, 0.1) is 0 Å². The fraction of sp³-hybridized carbons (Fsp3) is 0.591. The standard InChI is InChI=1S/C22H31N5O2/c1-2-3-4-14-29-15-8-19(28)27-13-6-10-22(27)9-5-12-26(16-22)21-18-7-11-23-20(18)24-17-25-21/h2,7,11,17H,1,3-6,8-10,12-16H2,(H,23,24,25). The van der Waals surface area contributed by atoms with Crippen molar-refractivity contribution in [3.05, 3.63) is 31.2 Å². The second-order valence-electron chi connectivity index (χ2n) is 8.13. The summed E-state index contributed by atoms with van der Waals surface area (Å²) >= 11 is 0. The van der Waals surface area contributed by atoms with Crippen molar-refractivity contribution < 1.29 is 9.53 Å². The van der Waals surface area contributed by atoms with Gasteiger partial charge in [0.15, 0.2) is 0 Å². The molecule has 1 spiro atoms. The minimum absolute atomic E-state index is 0.0776. The summed E-state index contributed by atoms with van der Waals surface area (Å²) in [6.07, 6.45) is 12.1. The minimum atomic E-state index is -0.0776. The number of nitrogens with zero attached hydrogens (tertiary/aromatic N) is 4. The molecule has 2 aromatic heterocycles. The first-order valence-electron chi connectivity index (χ1n) is 10.8. The first-order valence-corrected chi connectivity index (χ1v) is 10.8. The number of amides is 1. The molecule has 29 heavy (non-hydrogen) atoms. The number of anilines is 1. The number of ether oxygens (including phenoxy) is 1. The SMILES string of the molecule is C=CCCCOCCC(=O)N1CCCC12CCCN(c1ncnc3[nH]ccc13)C2. The number of aromatic nitrogens is 3. The normalized spacial score (nSPS) is 21.9. The molecule has 0 aromatic carbocycles. The van der Waals surface area contributed by atoms with Crippen molar-refractivity contribution in [2.45, 2.75) is 50.5 Å². The number of rotatable bonds is 8. The highest BCUT2D eigenvalue weighted by Gasteiger charge is 2.46. The molecule has 2 aliphatic rings. The van der Waals surface area contributed by atoms with E-state index < -0.39 is 0 Å². The van der Waals surface area contributed by atoms with Crippen LogP contribution in [-0.4, -0.2) is 64.1 Å². The van der Waals surface area contributed by atoms with E-state index in [0.29, 0.717) is 19.6 Å². The predicted molar refractivity (Wildman–Crippen MR) is 114 cm³/mol. The number of hydrogen-bond donors (Lipinski definition) is 1. The number of piperidine rings is 1. The fourth-order valence-electron chi connectivity index (χ4n) is 4.88. The van der Waals surface area contributed by atoms with Crippen molar-refractivity contribution in [1.29, 1.82) is 0 Å². The molecule has 4 heterocycles. The third kappa shape index (κ3) is 4.15. The van der Waals surface area contributed by atoms with E-state index in [1.165, 1.54) is 0 Å². The number of hydrogen-bond acceptors (Lipinski definition) is 5. The summed E-state index contributed by atoms with van der Waals surface area (Å²) in [4.78, 5) is 29.5. The van der Waals surface area contributed by atoms with Crippen molar-refractivity contribution in [2.75, 3.05) is 37.7 Å². The molecule has 7 nitrogen and oxygen atoms in total. The van der Waals surface area contributed by atoms with Crippen molar-refractivity contribution >= 4 is 22.8 Å². The quantitative estimate of drug-likeness (QED) is 0.546. The highest BCUT2D eigenvalue weighted by Crippen LogP contribution is 2.39. The van der Waals surface area contributed by atoms with Gasteiger partial charge in [-0.2, -0.15) is 0 Å². The van der Waals surface area contributed by atoms with Crippen LogP contribution < -0.4 is 4.90 Å². The second-order valence-corrected chi connectivity index (χ2v) is 8.13. The number of likely N-dealkylation sites (tertiary alicyclic amines) is 1. The van der Waals surface area contributed by atoms with Crippen molar-refractivity contribution in [3.63, 3.8) is 0 Å². The fourth-order valence-corrected chi connectivity index (χ4v) is 4.88. The number of allylic oxidation sites excluding steroid dienone is 1. The number of carbonyl (C=O) groups excluding carboxylic acids is 1. The Kier molecular flexibility index (Phi) is 6.13. The van der Waals surface area contributed by atoms with Crippen LogP contribution in [-0.2, 0) is 9.53 Å². The van der Waals surface area contributed by atoms with E-state index in [9.17, 15) is 4.79 Å². The molecule has 1 amide bonds. The Hall–Kier alpha value is -2.41. The van der Waals surface area contributed by atoms with Gasteiger partial charge in [0.1, 0.15) is 17.8 Å². The van der Waals surface area contributed by atoms with Gasteiger partial charge < -0.3 is 19.5 Å². The molecule has 1 atom stereocenters. The van der Waals surface area contributed by atoms with Gasteiger partial charge in [0, 0.05) is 32.4 Å². The zero-order valence-corrected chi connectivity index (χ0v) is 17.1. The molecule has 1 N–H and O–H groups in total. The maximum absolute atomic E-state index is 13.0. The zero-order chi connectivity index (χ0) is 20.1. The smallest absolute Gasteiger partial charge is 0.225 e. The highest BCUT2D eigenvalue weighted by molar-refractivity contribution is 5.87. The van der Waals surface area contributed by atoms with Crippen LogP contribution in [0.2, 0.25) is 0 Å². The monoisotopic (exact) mass is 397 g/mol. The molecule has 2 aliphatic heterocycles. The van der Waals surface area contributed by atoms with Gasteiger partial charge in [-0.15, -0.1) is 6.58 Å². The van der Waals surface area contributed by atoms with Gasteiger partial charge in [0.05, 0.1) is 24.0 Å². The molecule has 0 radical (unpaired) electrons. The van der Waals surface area contributed by atoms with E-state index in [0.717, 1.165) is 75.0 Å². The van der Waals surface area contributed by atoms with E-state index in [-0.39, 0.29) is 11.4 Å². The van der Waals surface area contributed by atoms with Crippen LogP contribution in [0.25, 0.3) is 11.0 Å². The number of H-pyrrole nitrogens is 1. The average Bonchev–Trinajstić information content (AvgIpc) is 3.37. The topological polar surface area (TPSA) is 74.3 Å². The minimum Gasteiger partial charge on any atom is -0.381 e. The molecule has 2 saturated heterocycles. The summed E-state index contributed by atoms with van der Waals surface area (Å²) in [7, 11) is 0. The van der Waals surface area contributed by atoms with E-state index in [4.69, 9.17) is 4.74 Å². The summed E-state index contributed by atoms with van der Waals surface area (Å²) in [5.74, 6) is 1.20. The van der Waals surface area contributed by atoms with Gasteiger partial charge in [0.25, 0.3) is 0 Å². The average molecular weight is 398 g/mol. The van der Waals surface area contributed by atoms with Crippen LogP contribution in [0.1, 0.15) is 44.9 Å². The van der Waals surface area contributed by atoms with Crippen LogP contribution >= 0.6 is 0 Å². The number of aromatic amines is 1. The lowest BCUT2D eigenvalue weighted by Gasteiger charge is -2.46. The van der Waals surface area contributed by atoms with Gasteiger partial charge in [-0.1, -0.05) is 6.08 Å². The Labute approximate surface area is 172 Å². The molecular weight excluding hydrogens is 366 g/mol. The molecular formula is C22H31N5O2. The van der Waals surface area contributed by atoms with Gasteiger partial charge in [-0.05, 0) is 44.6 Å². The lowest BCUT2D eigenvalue weighted by molar-refractivity contribution is -0.136. The number of nitrogens with one attached hydrogen (secondary N) is 1. The van der Waals surface area contributed by atoms with Gasteiger partial charge in [0.2, 0.25) is 5.91 Å². The summed E-state index contributed by atoms with van der Waals surface area (Å²) in [6, 6.07) is 2.03. The number of carbonyl (C=O) groups is 1. The lowest BCUT2D eigenvalue weighted by Crippen LogP contribution is -2.57. The zero-order valence-electron chi connectivity index (χ0n) is 17.1. The third-order valence-electron chi connectivity index (χ3n) is 6.24. The van der Waals surface area contributed by atoms with Gasteiger partial charge in [-0.3, -0.25) is 4.79 Å². The van der Waals surface area contributed by atoms with Crippen molar-refractivity contribution in [2.24, 2.45) is 0 Å². The van der Waals surface area contributed by atoms with E-state index in [2.05, 4.69) is 31.3 Å². The Balaban J connectivity index is 1.41. The summed E-state index contributed by atoms with van der Waals surface area (Å²) in [5, 5.41) is 1.05. The molecule has 2 fully saturated rings. The number of fused-ring (bicyclic) bond motifs is 1. The first kappa shape index (κ1) is 19.9. The van der Waals surface area contributed by atoms with E-state index >= 15 is 0 Å². The molecule has 0 saturated carbocycles. The summed E-state index contributed by atoms with van der Waals surface area (Å²) < 4.78 is 5.65. The molecule has 156 valence electrons. The molecule has 0 bridgehead atoms. The molecule has 4 rings (SSSR count). The predicted octanol–water partition coefficient (Wildman–Crippen LogP) is 3.29. The largest absolute Gasteiger partial charge is 0.381 e. The maximum atomic E-state index is 13.0. The molecule has 1 unspecified atom stereocenters. The van der Waals surface area contributed by atoms with Crippen LogP contribution in [0.4, 0.5) is 5.82 Å². The van der Waals surface area contributed by atoms with Crippen LogP contribution in [0.3, 0.4) is 0 Å². The van der Waals surface area contributed by atoms with Gasteiger partial charge >= 0.3 is 0 Å².